The maximum Gasteiger partial charge on any atom is 0.159 e. The minimum absolute atomic E-state index is 0.0658. The number of ether oxygens (including phenoxy) is 1. The first-order valence-corrected chi connectivity index (χ1v) is 14.6. The Kier molecular flexibility index (Phi) is 6.14. The van der Waals surface area contributed by atoms with Crippen molar-refractivity contribution >= 4 is 11.6 Å². The number of benzene rings is 1. The Morgan fingerprint density at radius 2 is 1.86 bits per heavy atom. The van der Waals surface area contributed by atoms with Gasteiger partial charge in [-0.1, -0.05) is 62.9 Å². The summed E-state index contributed by atoms with van der Waals surface area (Å²) >= 11 is 0. The Morgan fingerprint density at radius 3 is 2.61 bits per heavy atom. The summed E-state index contributed by atoms with van der Waals surface area (Å²) < 4.78 is 6.90. The van der Waals surface area contributed by atoms with Crippen molar-refractivity contribution in [2.75, 3.05) is 6.61 Å². The summed E-state index contributed by atoms with van der Waals surface area (Å²) in [6.45, 7) is 7.38. The van der Waals surface area contributed by atoms with Crippen LogP contribution in [-0.4, -0.2) is 23.8 Å². The van der Waals surface area contributed by atoms with Gasteiger partial charge in [0.15, 0.2) is 11.6 Å². The molecule has 36 heavy (non-hydrogen) atoms. The van der Waals surface area contributed by atoms with Crippen LogP contribution in [0.3, 0.4) is 0 Å². The molecule has 0 heterocycles. The second-order valence-corrected chi connectivity index (χ2v) is 12.6. The van der Waals surface area contributed by atoms with Crippen LogP contribution >= 0.6 is 0 Å². The highest BCUT2D eigenvalue weighted by molar-refractivity contribution is 5.94. The van der Waals surface area contributed by atoms with Crippen LogP contribution < -0.4 is 0 Å². The van der Waals surface area contributed by atoms with E-state index in [1.54, 1.807) is 12.5 Å². The number of unbranched alkanes of at least 4 members (excludes halogenated alkanes) is 3. The number of hydrogen-bond donors (Lipinski definition) is 0. The summed E-state index contributed by atoms with van der Waals surface area (Å²) in [7, 11) is 0. The third-order valence-corrected chi connectivity index (χ3v) is 10.8. The van der Waals surface area contributed by atoms with E-state index in [-0.39, 0.29) is 16.8 Å². The first-order valence-electron chi connectivity index (χ1n) is 14.6. The van der Waals surface area contributed by atoms with E-state index < -0.39 is 0 Å². The van der Waals surface area contributed by atoms with E-state index >= 15 is 0 Å². The molecule has 5 aliphatic carbocycles. The fourth-order valence-electron chi connectivity index (χ4n) is 8.89. The maximum absolute atomic E-state index is 12.3. The van der Waals surface area contributed by atoms with Crippen molar-refractivity contribution in [2.45, 2.75) is 103 Å². The fourth-order valence-corrected chi connectivity index (χ4v) is 8.89. The van der Waals surface area contributed by atoms with Gasteiger partial charge < -0.3 is 4.74 Å². The van der Waals surface area contributed by atoms with Crippen LogP contribution in [0.5, 0.6) is 0 Å². The van der Waals surface area contributed by atoms with Crippen LogP contribution in [-0.2, 0) is 9.53 Å². The van der Waals surface area contributed by atoms with Gasteiger partial charge in [-0.15, -0.1) is 0 Å². The topological polar surface area (TPSA) is 43.4 Å². The van der Waals surface area contributed by atoms with E-state index in [1.165, 1.54) is 61.7 Å². The van der Waals surface area contributed by atoms with Gasteiger partial charge in [-0.2, -0.15) is 0 Å². The molecular weight excluding hydrogens is 444 g/mol. The summed E-state index contributed by atoms with van der Waals surface area (Å²) in [5.74, 6) is 2.76. The lowest BCUT2D eigenvalue weighted by Crippen LogP contribution is -2.49. The average molecular weight is 487 g/mol. The average Bonchev–Trinajstić information content (AvgIpc) is 3.53. The summed E-state index contributed by atoms with van der Waals surface area (Å²) in [6, 6.07) is 8.45. The SMILES string of the molecule is CCCCCCO[C@@]12C[C@@H]1C[C@H]1[C@@H]3CCC4=CC(=O)CCC4=C3[C@@H](c3ccc(C(C)=O)cc3)C[C@@]12C. The fraction of sp³-hybridized carbons (Fsp3) is 0.636. The van der Waals surface area contributed by atoms with E-state index in [9.17, 15) is 9.59 Å². The van der Waals surface area contributed by atoms with Gasteiger partial charge in [0, 0.05) is 29.9 Å². The highest BCUT2D eigenvalue weighted by Gasteiger charge is 2.75. The van der Waals surface area contributed by atoms with Crippen LogP contribution in [0, 0.1) is 23.2 Å². The van der Waals surface area contributed by atoms with Gasteiger partial charge >= 0.3 is 0 Å². The smallest absolute Gasteiger partial charge is 0.159 e. The molecule has 192 valence electrons. The van der Waals surface area contributed by atoms with Crippen molar-refractivity contribution in [2.24, 2.45) is 23.2 Å². The predicted molar refractivity (Wildman–Crippen MR) is 143 cm³/mol. The Morgan fingerprint density at radius 1 is 1.06 bits per heavy atom. The van der Waals surface area contributed by atoms with Gasteiger partial charge in [-0.25, -0.2) is 0 Å². The van der Waals surface area contributed by atoms with Gasteiger partial charge in [0.05, 0.1) is 5.60 Å². The van der Waals surface area contributed by atoms with Crippen molar-refractivity contribution in [1.29, 1.82) is 0 Å². The minimum atomic E-state index is 0.0658. The molecule has 0 amide bonds. The first kappa shape index (κ1) is 24.3. The summed E-state index contributed by atoms with van der Waals surface area (Å²) in [5, 5.41) is 0. The molecule has 3 fully saturated rings. The number of rotatable bonds is 8. The molecular formula is C33H42O3. The number of ketones is 2. The predicted octanol–water partition coefficient (Wildman–Crippen LogP) is 7.75. The lowest BCUT2D eigenvalue weighted by atomic mass is 9.51. The molecule has 3 nitrogen and oxygen atoms in total. The Hall–Kier alpha value is -2.00. The molecule has 0 N–H and O–H groups in total. The zero-order chi connectivity index (χ0) is 25.1. The van der Waals surface area contributed by atoms with E-state index in [0.717, 1.165) is 31.4 Å². The molecule has 6 atom stereocenters. The lowest BCUT2D eigenvalue weighted by Gasteiger charge is -2.54. The molecule has 1 aromatic rings. The van der Waals surface area contributed by atoms with Crippen LogP contribution in [0.1, 0.15) is 113 Å². The molecule has 0 bridgehead atoms. The largest absolute Gasteiger partial charge is 0.374 e. The zero-order valence-electron chi connectivity index (χ0n) is 22.4. The third kappa shape index (κ3) is 3.71. The molecule has 0 radical (unpaired) electrons. The number of fused-ring (bicyclic) bond motifs is 6. The number of Topliss-reactive ketones (excluding diaryl/α,β-unsaturated/α-hetero) is 1. The van der Waals surface area contributed by atoms with Crippen molar-refractivity contribution in [3.63, 3.8) is 0 Å². The summed E-state index contributed by atoms with van der Waals surface area (Å²) in [6.07, 6.45) is 14.4. The van der Waals surface area contributed by atoms with Crippen molar-refractivity contribution in [3.05, 3.63) is 58.2 Å². The number of allylic oxidation sites excluding steroid dienone is 4. The molecule has 0 aliphatic heterocycles. The van der Waals surface area contributed by atoms with Gasteiger partial charge in [0.1, 0.15) is 0 Å². The van der Waals surface area contributed by atoms with E-state index in [0.29, 0.717) is 35.9 Å². The molecule has 6 rings (SSSR count). The summed E-state index contributed by atoms with van der Waals surface area (Å²) in [5.41, 5.74) is 6.84. The van der Waals surface area contributed by atoms with E-state index in [4.69, 9.17) is 4.74 Å². The number of hydrogen-bond acceptors (Lipinski definition) is 3. The van der Waals surface area contributed by atoms with Gasteiger partial charge in [-0.3, -0.25) is 9.59 Å². The van der Waals surface area contributed by atoms with Gasteiger partial charge in [0.25, 0.3) is 0 Å². The standard InChI is InChI=1S/C33H42O3/c1-4-5-6-7-16-36-33-19-25(33)18-30-28-14-12-24-17-26(35)13-15-27(24)31(28)29(20-32(30,33)3)23-10-8-22(9-11-23)21(2)34/h8-11,17,25,28-30H,4-7,12-16,18-20H2,1-3H3/t25-,28-,29+,30-,32-,33-/m0/s1. The van der Waals surface area contributed by atoms with Crippen LogP contribution in [0.4, 0.5) is 0 Å². The molecule has 0 aromatic heterocycles. The van der Waals surface area contributed by atoms with Crippen LogP contribution in [0.25, 0.3) is 0 Å². The van der Waals surface area contributed by atoms with E-state index in [2.05, 4.69) is 26.0 Å². The Bertz CT molecular complexity index is 1120. The molecule has 0 spiro atoms. The molecule has 3 heteroatoms. The third-order valence-electron chi connectivity index (χ3n) is 10.8. The van der Waals surface area contributed by atoms with Crippen molar-refractivity contribution < 1.29 is 14.3 Å². The molecule has 0 unspecified atom stereocenters. The Labute approximate surface area is 216 Å². The maximum atomic E-state index is 12.3. The van der Waals surface area contributed by atoms with Crippen molar-refractivity contribution in [3.8, 4) is 0 Å². The number of carbonyl (C=O) groups excluding carboxylic acids is 2. The van der Waals surface area contributed by atoms with Gasteiger partial charge in [-0.05, 0) is 92.4 Å². The normalized spacial score (nSPS) is 36.5. The highest BCUT2D eigenvalue weighted by atomic mass is 16.5. The second-order valence-electron chi connectivity index (χ2n) is 12.6. The summed E-state index contributed by atoms with van der Waals surface area (Å²) in [4.78, 5) is 24.2. The van der Waals surface area contributed by atoms with Crippen LogP contribution in [0.15, 0.2) is 47.1 Å². The highest BCUT2D eigenvalue weighted by Crippen LogP contribution is 2.77. The molecule has 0 saturated heterocycles. The van der Waals surface area contributed by atoms with Crippen molar-refractivity contribution in [1.82, 2.24) is 0 Å². The monoisotopic (exact) mass is 486 g/mol. The Balaban J connectivity index is 1.38. The quantitative estimate of drug-likeness (QED) is 0.279. The van der Waals surface area contributed by atoms with Gasteiger partial charge in [0.2, 0.25) is 0 Å². The lowest BCUT2D eigenvalue weighted by molar-refractivity contribution is -0.114. The molecule has 3 saturated carbocycles. The van der Waals surface area contributed by atoms with Crippen LogP contribution in [0.2, 0.25) is 0 Å². The zero-order valence-corrected chi connectivity index (χ0v) is 22.4. The molecule has 5 aliphatic rings. The van der Waals surface area contributed by atoms with E-state index in [1.807, 2.05) is 18.2 Å². The minimum Gasteiger partial charge on any atom is -0.374 e. The molecule has 1 aromatic carbocycles. The number of carbonyl (C=O) groups is 2. The second kappa shape index (κ2) is 9.08. The first-order chi connectivity index (χ1) is 17.4.